The molecule has 0 saturated carbocycles. The molecule has 2 rings (SSSR count). The zero-order valence-corrected chi connectivity index (χ0v) is 13.6. The van der Waals surface area contributed by atoms with Gasteiger partial charge in [-0.3, -0.25) is 0 Å². The van der Waals surface area contributed by atoms with Gasteiger partial charge < -0.3 is 10.5 Å². The summed E-state index contributed by atoms with van der Waals surface area (Å²) >= 11 is 1.84. The van der Waals surface area contributed by atoms with E-state index in [1.54, 1.807) is 7.11 Å². The van der Waals surface area contributed by atoms with Gasteiger partial charge in [-0.15, -0.1) is 11.8 Å². The minimum absolute atomic E-state index is 0.0262. The second kappa shape index (κ2) is 7.53. The van der Waals surface area contributed by atoms with Gasteiger partial charge in [-0.1, -0.05) is 44.2 Å². The first kappa shape index (κ1) is 15.9. The van der Waals surface area contributed by atoms with E-state index in [0.29, 0.717) is 11.2 Å². The predicted molar refractivity (Wildman–Crippen MR) is 90.8 cm³/mol. The van der Waals surface area contributed by atoms with E-state index >= 15 is 0 Å². The van der Waals surface area contributed by atoms with Crippen molar-refractivity contribution in [3.8, 4) is 5.75 Å². The molecular formula is C18H23NOS. The monoisotopic (exact) mass is 301 g/mol. The fourth-order valence-corrected chi connectivity index (χ4v) is 3.48. The Morgan fingerprint density at radius 2 is 1.57 bits per heavy atom. The largest absolute Gasteiger partial charge is 0.497 e. The van der Waals surface area contributed by atoms with Crippen molar-refractivity contribution in [2.75, 3.05) is 7.11 Å². The van der Waals surface area contributed by atoms with Crippen LogP contribution in [0.4, 0.5) is 0 Å². The highest BCUT2D eigenvalue weighted by Gasteiger charge is 2.23. The molecule has 0 fully saturated rings. The van der Waals surface area contributed by atoms with Crippen LogP contribution in [0.2, 0.25) is 0 Å². The van der Waals surface area contributed by atoms with Crippen LogP contribution >= 0.6 is 11.8 Å². The first-order valence-corrected chi connectivity index (χ1v) is 8.11. The first-order valence-electron chi connectivity index (χ1n) is 7.23. The van der Waals surface area contributed by atoms with E-state index in [1.807, 2.05) is 42.1 Å². The van der Waals surface area contributed by atoms with E-state index < -0.39 is 0 Å². The van der Waals surface area contributed by atoms with Crippen molar-refractivity contribution in [2.45, 2.75) is 30.0 Å². The van der Waals surface area contributed by atoms with Crippen LogP contribution in [0.25, 0.3) is 0 Å². The van der Waals surface area contributed by atoms with Crippen molar-refractivity contribution < 1.29 is 4.74 Å². The maximum Gasteiger partial charge on any atom is 0.118 e. The van der Waals surface area contributed by atoms with Gasteiger partial charge in [0.1, 0.15) is 5.75 Å². The van der Waals surface area contributed by atoms with Crippen molar-refractivity contribution in [1.82, 2.24) is 0 Å². The molecule has 0 saturated heterocycles. The fourth-order valence-electron chi connectivity index (χ4n) is 2.30. The molecule has 0 bridgehead atoms. The van der Waals surface area contributed by atoms with E-state index in [2.05, 4.69) is 38.1 Å². The highest BCUT2D eigenvalue weighted by atomic mass is 32.2. The molecule has 2 N–H and O–H groups in total. The Morgan fingerprint density at radius 3 is 2.10 bits per heavy atom. The third kappa shape index (κ3) is 4.26. The maximum atomic E-state index is 6.50. The first-order chi connectivity index (χ1) is 10.1. The normalized spacial score (nSPS) is 14.0. The summed E-state index contributed by atoms with van der Waals surface area (Å²) in [6.45, 7) is 4.45. The topological polar surface area (TPSA) is 35.2 Å². The van der Waals surface area contributed by atoms with E-state index in [9.17, 15) is 0 Å². The molecule has 2 aromatic carbocycles. The highest BCUT2D eigenvalue weighted by Crippen LogP contribution is 2.36. The molecule has 2 atom stereocenters. The molecule has 0 aliphatic heterocycles. The summed E-state index contributed by atoms with van der Waals surface area (Å²) in [5.74, 6) is 1.38. The lowest BCUT2D eigenvalue weighted by atomic mass is 9.97. The Balaban J connectivity index is 2.15. The molecule has 21 heavy (non-hydrogen) atoms. The Morgan fingerprint density at radius 1 is 0.952 bits per heavy atom. The summed E-state index contributed by atoms with van der Waals surface area (Å²) in [7, 11) is 1.68. The maximum absolute atomic E-state index is 6.50. The highest BCUT2D eigenvalue weighted by molar-refractivity contribution is 8.00. The zero-order chi connectivity index (χ0) is 15.2. The van der Waals surface area contributed by atoms with Crippen LogP contribution in [0.5, 0.6) is 5.75 Å². The lowest BCUT2D eigenvalue weighted by Gasteiger charge is -2.27. The van der Waals surface area contributed by atoms with E-state index in [4.69, 9.17) is 10.5 Å². The second-order valence-electron chi connectivity index (χ2n) is 5.44. The summed E-state index contributed by atoms with van der Waals surface area (Å²) in [6.07, 6.45) is 0. The summed E-state index contributed by atoms with van der Waals surface area (Å²) < 4.78 is 5.20. The van der Waals surface area contributed by atoms with E-state index in [-0.39, 0.29) is 6.04 Å². The molecule has 112 valence electrons. The Kier molecular flexibility index (Phi) is 5.71. The van der Waals surface area contributed by atoms with Crippen LogP contribution in [0.15, 0.2) is 59.5 Å². The van der Waals surface area contributed by atoms with Gasteiger partial charge in [-0.25, -0.2) is 0 Å². The summed E-state index contributed by atoms with van der Waals surface area (Å²) in [5.41, 5.74) is 7.69. The summed E-state index contributed by atoms with van der Waals surface area (Å²) in [6, 6.07) is 18.5. The molecule has 0 aliphatic carbocycles. The van der Waals surface area contributed by atoms with Crippen LogP contribution in [-0.2, 0) is 0 Å². The molecule has 2 aromatic rings. The Labute approximate surface area is 131 Å². The van der Waals surface area contributed by atoms with Gasteiger partial charge in [0.05, 0.1) is 7.11 Å². The zero-order valence-electron chi connectivity index (χ0n) is 12.8. The van der Waals surface area contributed by atoms with Crippen molar-refractivity contribution in [2.24, 2.45) is 11.7 Å². The number of hydrogen-bond acceptors (Lipinski definition) is 3. The SMILES string of the molecule is COc1ccc(SC(C(C)C)C(N)c2ccccc2)cc1. The van der Waals surface area contributed by atoms with Crippen molar-refractivity contribution in [3.63, 3.8) is 0 Å². The molecule has 0 aliphatic rings. The average molecular weight is 301 g/mol. The van der Waals surface area contributed by atoms with Gasteiger partial charge in [0.2, 0.25) is 0 Å². The lowest BCUT2D eigenvalue weighted by Crippen LogP contribution is -2.28. The summed E-state index contributed by atoms with van der Waals surface area (Å²) in [5, 5.41) is 0.334. The third-order valence-electron chi connectivity index (χ3n) is 3.53. The van der Waals surface area contributed by atoms with Crippen LogP contribution in [0.3, 0.4) is 0 Å². The van der Waals surface area contributed by atoms with Gasteiger partial charge >= 0.3 is 0 Å². The number of nitrogens with two attached hydrogens (primary N) is 1. The predicted octanol–water partition coefficient (Wildman–Crippen LogP) is 4.51. The van der Waals surface area contributed by atoms with Crippen molar-refractivity contribution in [1.29, 1.82) is 0 Å². The summed E-state index contributed by atoms with van der Waals surface area (Å²) in [4.78, 5) is 1.22. The standard InChI is InChI=1S/C18H23NOS/c1-13(2)18(17(19)14-7-5-4-6-8-14)21-16-11-9-15(20-3)10-12-16/h4-13,17-18H,19H2,1-3H3. The molecular weight excluding hydrogens is 278 g/mol. The van der Waals surface area contributed by atoms with Gasteiger partial charge in [0, 0.05) is 16.2 Å². The third-order valence-corrected chi connectivity index (χ3v) is 5.18. The van der Waals surface area contributed by atoms with Gasteiger partial charge in [0.25, 0.3) is 0 Å². The molecule has 0 heterocycles. The minimum Gasteiger partial charge on any atom is -0.497 e. The number of ether oxygens (including phenoxy) is 1. The number of rotatable bonds is 6. The Hall–Kier alpha value is -1.45. The van der Waals surface area contributed by atoms with Crippen LogP contribution < -0.4 is 10.5 Å². The molecule has 0 amide bonds. The number of hydrogen-bond donors (Lipinski definition) is 1. The number of thioether (sulfide) groups is 1. The van der Waals surface area contributed by atoms with E-state index in [1.165, 1.54) is 10.5 Å². The van der Waals surface area contributed by atoms with Gasteiger partial charge in [-0.05, 0) is 35.7 Å². The molecule has 0 aromatic heterocycles. The lowest BCUT2D eigenvalue weighted by molar-refractivity contribution is 0.414. The van der Waals surface area contributed by atoms with Gasteiger partial charge in [-0.2, -0.15) is 0 Å². The second-order valence-corrected chi connectivity index (χ2v) is 6.69. The molecule has 2 unspecified atom stereocenters. The quantitative estimate of drug-likeness (QED) is 0.797. The Bertz CT molecular complexity index is 539. The minimum atomic E-state index is 0.0262. The van der Waals surface area contributed by atoms with Crippen molar-refractivity contribution in [3.05, 3.63) is 60.2 Å². The van der Waals surface area contributed by atoms with Crippen LogP contribution in [0.1, 0.15) is 25.5 Å². The smallest absolute Gasteiger partial charge is 0.118 e. The van der Waals surface area contributed by atoms with Crippen LogP contribution in [-0.4, -0.2) is 12.4 Å². The fraction of sp³-hybridized carbons (Fsp3) is 0.333. The molecule has 0 spiro atoms. The van der Waals surface area contributed by atoms with Crippen LogP contribution in [0, 0.1) is 5.92 Å². The molecule has 0 radical (unpaired) electrons. The average Bonchev–Trinajstić information content (AvgIpc) is 2.53. The van der Waals surface area contributed by atoms with E-state index in [0.717, 1.165) is 5.75 Å². The van der Waals surface area contributed by atoms with Gasteiger partial charge in [0.15, 0.2) is 0 Å². The number of methoxy groups -OCH3 is 1. The number of benzene rings is 2. The van der Waals surface area contributed by atoms with Crippen molar-refractivity contribution >= 4 is 11.8 Å². The molecule has 2 nitrogen and oxygen atoms in total. The molecule has 3 heteroatoms.